The molecule has 0 aromatic carbocycles. The second-order valence-electron chi connectivity index (χ2n) is 3.92. The molecule has 0 amide bonds. The fourth-order valence-electron chi connectivity index (χ4n) is 2.06. The van der Waals surface area contributed by atoms with Crippen LogP contribution in [0.5, 0.6) is 0 Å². The van der Waals surface area contributed by atoms with E-state index < -0.39 is 6.17 Å². The first-order chi connectivity index (χ1) is 6.25. The lowest BCUT2D eigenvalue weighted by atomic mass is 10.2. The molecule has 0 saturated carbocycles. The number of halogens is 1. The summed E-state index contributed by atoms with van der Waals surface area (Å²) in [6.45, 7) is 3.57. The van der Waals surface area contributed by atoms with Gasteiger partial charge in [0.25, 0.3) is 0 Å². The summed E-state index contributed by atoms with van der Waals surface area (Å²) in [7, 11) is 0.173. The first-order valence-corrected chi connectivity index (χ1v) is 6.87. The highest BCUT2D eigenvalue weighted by molar-refractivity contribution is 7.58. The molecular formula is C10H16FOP. The average Bonchev–Trinajstić information content (AvgIpc) is 2.64. The van der Waals surface area contributed by atoms with Gasteiger partial charge in [-0.2, -0.15) is 0 Å². The molecule has 2 unspecified atom stereocenters. The molecule has 2 heterocycles. The van der Waals surface area contributed by atoms with Gasteiger partial charge in [0.1, 0.15) is 11.9 Å². The number of ether oxygens (including phenoxy) is 1. The van der Waals surface area contributed by atoms with Crippen LogP contribution in [0, 0.1) is 0 Å². The zero-order valence-electron chi connectivity index (χ0n) is 7.84. The quantitative estimate of drug-likeness (QED) is 0.625. The largest absolute Gasteiger partial charge is 0.492 e. The Kier molecular flexibility index (Phi) is 2.88. The van der Waals surface area contributed by atoms with Crippen molar-refractivity contribution in [2.75, 3.05) is 18.5 Å². The molecular weight excluding hydrogens is 186 g/mol. The van der Waals surface area contributed by atoms with E-state index in [1.165, 1.54) is 25.2 Å². The van der Waals surface area contributed by atoms with Crippen molar-refractivity contribution in [2.45, 2.75) is 31.5 Å². The van der Waals surface area contributed by atoms with Crippen LogP contribution in [0.15, 0.2) is 12.3 Å². The molecule has 3 heteroatoms. The third kappa shape index (κ3) is 2.22. The molecule has 2 fully saturated rings. The van der Waals surface area contributed by atoms with Crippen molar-refractivity contribution in [3.05, 3.63) is 12.3 Å². The van der Waals surface area contributed by atoms with Gasteiger partial charge in [0.05, 0.1) is 0 Å². The predicted octanol–water partition coefficient (Wildman–Crippen LogP) is 2.90. The van der Waals surface area contributed by atoms with Gasteiger partial charge in [0.15, 0.2) is 6.17 Å². The van der Waals surface area contributed by atoms with Crippen LogP contribution in [-0.2, 0) is 4.74 Å². The molecule has 0 N–H and O–H groups in total. The van der Waals surface area contributed by atoms with E-state index in [1.807, 2.05) is 0 Å². The molecule has 74 valence electrons. The minimum atomic E-state index is -0.900. The van der Waals surface area contributed by atoms with Gasteiger partial charge in [-0.25, -0.2) is 4.39 Å². The molecule has 2 saturated heterocycles. The molecule has 2 atom stereocenters. The monoisotopic (exact) mass is 202 g/mol. The van der Waals surface area contributed by atoms with Gasteiger partial charge in [0, 0.05) is 12.6 Å². The lowest BCUT2D eigenvalue weighted by molar-refractivity contribution is 0.179. The van der Waals surface area contributed by atoms with E-state index in [-0.39, 0.29) is 14.0 Å². The zero-order chi connectivity index (χ0) is 9.26. The SMILES string of the molecule is C=C1OC(CP2CCCC2)CC1F. The lowest BCUT2D eigenvalue weighted by Gasteiger charge is -2.15. The lowest BCUT2D eigenvalue weighted by Crippen LogP contribution is -2.10. The molecule has 13 heavy (non-hydrogen) atoms. The van der Waals surface area contributed by atoms with Crippen molar-refractivity contribution < 1.29 is 9.13 Å². The molecule has 2 aliphatic rings. The van der Waals surface area contributed by atoms with Crippen LogP contribution in [0.2, 0.25) is 0 Å². The van der Waals surface area contributed by atoms with Crippen molar-refractivity contribution in [1.29, 1.82) is 0 Å². The van der Waals surface area contributed by atoms with Gasteiger partial charge in [-0.3, -0.25) is 0 Å². The van der Waals surface area contributed by atoms with Crippen LogP contribution in [0.4, 0.5) is 4.39 Å². The van der Waals surface area contributed by atoms with Gasteiger partial charge in [-0.15, -0.1) is 7.92 Å². The third-order valence-corrected chi connectivity index (χ3v) is 5.62. The van der Waals surface area contributed by atoms with Crippen LogP contribution in [0.1, 0.15) is 19.3 Å². The molecule has 0 spiro atoms. The highest BCUT2D eigenvalue weighted by atomic mass is 31.1. The van der Waals surface area contributed by atoms with Crippen molar-refractivity contribution >= 4 is 7.92 Å². The highest BCUT2D eigenvalue weighted by Crippen LogP contribution is 2.45. The normalized spacial score (nSPS) is 35.3. The Bertz CT molecular complexity index is 201. The molecule has 0 aromatic rings. The van der Waals surface area contributed by atoms with Crippen LogP contribution in [0.25, 0.3) is 0 Å². The second-order valence-corrected chi connectivity index (χ2v) is 6.52. The number of rotatable bonds is 2. The smallest absolute Gasteiger partial charge is 0.160 e. The summed E-state index contributed by atoms with van der Waals surface area (Å²) in [5, 5.41) is 0. The molecule has 2 rings (SSSR count). The van der Waals surface area contributed by atoms with Crippen LogP contribution < -0.4 is 0 Å². The standard InChI is InChI=1S/C10H16FOP/c1-8-10(11)6-9(12-8)7-13-4-2-3-5-13/h9-10H,1-7H2. The zero-order valence-corrected chi connectivity index (χ0v) is 8.73. The maximum atomic E-state index is 13.0. The summed E-state index contributed by atoms with van der Waals surface area (Å²) in [6, 6.07) is 0. The Hall–Kier alpha value is -0.100. The second kappa shape index (κ2) is 3.96. The van der Waals surface area contributed by atoms with Gasteiger partial charge >= 0.3 is 0 Å². The average molecular weight is 202 g/mol. The van der Waals surface area contributed by atoms with Crippen LogP contribution >= 0.6 is 7.92 Å². The van der Waals surface area contributed by atoms with Crippen molar-refractivity contribution in [3.63, 3.8) is 0 Å². The number of hydrogen-bond acceptors (Lipinski definition) is 1. The summed E-state index contributed by atoms with van der Waals surface area (Å²) < 4.78 is 18.4. The topological polar surface area (TPSA) is 9.23 Å². The highest BCUT2D eigenvalue weighted by Gasteiger charge is 2.31. The number of allylic oxidation sites excluding steroid dienone is 1. The Morgan fingerprint density at radius 3 is 2.69 bits per heavy atom. The fraction of sp³-hybridized carbons (Fsp3) is 0.800. The van der Waals surface area contributed by atoms with Gasteiger partial charge in [0.2, 0.25) is 0 Å². The van der Waals surface area contributed by atoms with E-state index >= 15 is 0 Å². The maximum Gasteiger partial charge on any atom is 0.160 e. The van der Waals surface area contributed by atoms with E-state index in [1.54, 1.807) is 0 Å². The Labute approximate surface area is 80.1 Å². The van der Waals surface area contributed by atoms with E-state index in [2.05, 4.69) is 6.58 Å². The summed E-state index contributed by atoms with van der Waals surface area (Å²) >= 11 is 0. The van der Waals surface area contributed by atoms with Crippen LogP contribution in [-0.4, -0.2) is 30.8 Å². The van der Waals surface area contributed by atoms with Crippen molar-refractivity contribution in [2.24, 2.45) is 0 Å². The predicted molar refractivity (Wildman–Crippen MR) is 54.3 cm³/mol. The third-order valence-electron chi connectivity index (χ3n) is 2.80. The maximum absolute atomic E-state index is 13.0. The minimum absolute atomic E-state index is 0.145. The number of hydrogen-bond donors (Lipinski definition) is 0. The summed E-state index contributed by atoms with van der Waals surface area (Å²) in [5.41, 5.74) is 0. The fourth-order valence-corrected chi connectivity index (χ4v) is 4.79. The summed E-state index contributed by atoms with van der Waals surface area (Å²) in [5.74, 6) is 0.360. The van der Waals surface area contributed by atoms with Crippen LogP contribution in [0.3, 0.4) is 0 Å². The molecule has 0 radical (unpaired) electrons. The molecule has 1 nitrogen and oxygen atoms in total. The number of alkyl halides is 1. The van der Waals surface area contributed by atoms with Gasteiger partial charge in [-0.1, -0.05) is 6.58 Å². The van der Waals surface area contributed by atoms with Crippen molar-refractivity contribution in [3.8, 4) is 0 Å². The summed E-state index contributed by atoms with van der Waals surface area (Å²) in [6.07, 6.45) is 6.40. The van der Waals surface area contributed by atoms with E-state index in [9.17, 15) is 4.39 Å². The van der Waals surface area contributed by atoms with Gasteiger partial charge < -0.3 is 4.74 Å². The Balaban J connectivity index is 1.79. The first kappa shape index (κ1) is 9.45. The van der Waals surface area contributed by atoms with E-state index in [4.69, 9.17) is 4.74 Å². The Morgan fingerprint density at radius 2 is 2.15 bits per heavy atom. The Morgan fingerprint density at radius 1 is 1.46 bits per heavy atom. The summed E-state index contributed by atoms with van der Waals surface area (Å²) in [4.78, 5) is 0. The molecule has 0 aliphatic carbocycles. The molecule has 2 aliphatic heterocycles. The van der Waals surface area contributed by atoms with Gasteiger partial charge in [-0.05, 0) is 25.2 Å². The minimum Gasteiger partial charge on any atom is -0.492 e. The molecule has 0 aromatic heterocycles. The van der Waals surface area contributed by atoms with E-state index in [0.717, 1.165) is 6.16 Å². The molecule has 0 bridgehead atoms. The first-order valence-electron chi connectivity index (χ1n) is 4.97. The van der Waals surface area contributed by atoms with E-state index in [0.29, 0.717) is 12.2 Å². The van der Waals surface area contributed by atoms with Crippen molar-refractivity contribution in [1.82, 2.24) is 0 Å².